The van der Waals surface area contributed by atoms with E-state index < -0.39 is 18.8 Å². The second-order valence-corrected chi connectivity index (χ2v) is 5.94. The molecule has 3 aromatic heterocycles. The summed E-state index contributed by atoms with van der Waals surface area (Å²) in [5, 5.41) is 0. The van der Waals surface area contributed by atoms with E-state index in [1.165, 1.54) is 12.4 Å². The van der Waals surface area contributed by atoms with Gasteiger partial charge in [-0.3, -0.25) is 4.98 Å². The van der Waals surface area contributed by atoms with E-state index in [0.717, 1.165) is 5.56 Å². The summed E-state index contributed by atoms with van der Waals surface area (Å²) in [6, 6.07) is 3.52. The third-order valence-corrected chi connectivity index (χ3v) is 4.04. The van der Waals surface area contributed by atoms with Crippen LogP contribution in [0.5, 0.6) is 0 Å². The quantitative estimate of drug-likeness (QED) is 0.647. The Hall–Kier alpha value is -2.51. The average Bonchev–Trinajstić information content (AvgIpc) is 2.89. The van der Waals surface area contributed by atoms with Gasteiger partial charge in [0.25, 0.3) is 0 Å². The van der Waals surface area contributed by atoms with Gasteiger partial charge in [-0.15, -0.1) is 0 Å². The molecule has 0 aliphatic heterocycles. The van der Waals surface area contributed by atoms with Crippen LogP contribution in [0.15, 0.2) is 30.7 Å². The molecule has 0 saturated carbocycles. The number of halogens is 4. The minimum Gasteiger partial charge on any atom is -0.312 e. The molecule has 0 bridgehead atoms. The van der Waals surface area contributed by atoms with Crippen LogP contribution in [0.2, 0.25) is 0 Å². The highest BCUT2D eigenvalue weighted by Gasteiger charge is 2.40. The van der Waals surface area contributed by atoms with Crippen molar-refractivity contribution in [3.8, 4) is 11.4 Å². The van der Waals surface area contributed by atoms with E-state index in [1.54, 1.807) is 23.9 Å². The van der Waals surface area contributed by atoms with E-state index in [-0.39, 0.29) is 6.42 Å². The van der Waals surface area contributed by atoms with Crippen molar-refractivity contribution >= 4 is 11.2 Å². The summed E-state index contributed by atoms with van der Waals surface area (Å²) in [5.74, 6) is -3.50. The zero-order valence-corrected chi connectivity index (χ0v) is 13.7. The number of rotatable bonds is 5. The van der Waals surface area contributed by atoms with Crippen molar-refractivity contribution in [2.24, 2.45) is 7.05 Å². The maximum atomic E-state index is 13.3. The highest BCUT2D eigenvalue weighted by Crippen LogP contribution is 2.31. The molecule has 0 N–H and O–H groups in total. The Labute approximate surface area is 141 Å². The molecule has 0 spiro atoms. The first-order valence-electron chi connectivity index (χ1n) is 7.68. The fourth-order valence-electron chi connectivity index (χ4n) is 2.67. The molecule has 0 aromatic carbocycles. The molecule has 8 heteroatoms. The van der Waals surface area contributed by atoms with E-state index in [0.29, 0.717) is 28.1 Å². The molecule has 0 amide bonds. The molecule has 132 valence electrons. The molecule has 3 heterocycles. The molecular weight excluding hydrogens is 336 g/mol. The first-order valence-corrected chi connectivity index (χ1v) is 7.68. The van der Waals surface area contributed by atoms with Gasteiger partial charge in [-0.1, -0.05) is 0 Å². The molecule has 0 aliphatic rings. The third-order valence-electron chi connectivity index (χ3n) is 4.04. The molecule has 0 aliphatic carbocycles. The molecule has 0 unspecified atom stereocenters. The van der Waals surface area contributed by atoms with Crippen molar-refractivity contribution in [1.82, 2.24) is 19.5 Å². The minimum absolute atomic E-state index is 0.226. The van der Waals surface area contributed by atoms with Gasteiger partial charge in [-0.2, -0.15) is 0 Å². The maximum absolute atomic E-state index is 13.3. The number of aryl methyl sites for hydroxylation is 3. The lowest BCUT2D eigenvalue weighted by Crippen LogP contribution is -2.27. The zero-order chi connectivity index (χ0) is 18.2. The van der Waals surface area contributed by atoms with Crippen LogP contribution in [0.25, 0.3) is 22.6 Å². The van der Waals surface area contributed by atoms with E-state index in [2.05, 4.69) is 15.0 Å². The average molecular weight is 352 g/mol. The fourth-order valence-corrected chi connectivity index (χ4v) is 2.67. The summed E-state index contributed by atoms with van der Waals surface area (Å²) in [4.78, 5) is 12.8. The molecule has 0 atom stereocenters. The summed E-state index contributed by atoms with van der Waals surface area (Å²) < 4.78 is 53.0. The molecule has 3 aromatic rings. The topological polar surface area (TPSA) is 43.6 Å². The van der Waals surface area contributed by atoms with Crippen molar-refractivity contribution in [2.75, 3.05) is 0 Å². The molecule has 0 radical (unpaired) electrons. The van der Waals surface area contributed by atoms with E-state index >= 15 is 0 Å². The van der Waals surface area contributed by atoms with Gasteiger partial charge < -0.3 is 4.57 Å². The highest BCUT2D eigenvalue weighted by atomic mass is 19.3. The largest absolute Gasteiger partial charge is 0.312 e. The Morgan fingerprint density at radius 2 is 2.00 bits per heavy atom. The number of aromatic nitrogens is 4. The van der Waals surface area contributed by atoms with Gasteiger partial charge in [-0.25, -0.2) is 27.5 Å². The Kier molecular flexibility index (Phi) is 4.45. The van der Waals surface area contributed by atoms with Gasteiger partial charge in [-0.05, 0) is 36.6 Å². The summed E-state index contributed by atoms with van der Waals surface area (Å²) in [6.07, 6.45) is -0.224. The lowest BCUT2D eigenvalue weighted by Gasteiger charge is -2.16. The van der Waals surface area contributed by atoms with Gasteiger partial charge in [0, 0.05) is 37.6 Å². The Morgan fingerprint density at radius 1 is 1.24 bits per heavy atom. The van der Waals surface area contributed by atoms with Gasteiger partial charge in [0.15, 0.2) is 5.65 Å². The van der Waals surface area contributed by atoms with Crippen molar-refractivity contribution in [3.63, 3.8) is 0 Å². The number of pyridine rings is 2. The van der Waals surface area contributed by atoms with Crippen molar-refractivity contribution in [1.29, 1.82) is 0 Å². The summed E-state index contributed by atoms with van der Waals surface area (Å²) in [7, 11) is 1.77. The normalized spacial score (nSPS) is 12.3. The molecular formula is C17H16F4N4. The minimum atomic E-state index is -4.03. The van der Waals surface area contributed by atoms with Crippen LogP contribution in [0.4, 0.5) is 17.6 Å². The smallest absolute Gasteiger partial charge is 0.307 e. The second-order valence-electron chi connectivity index (χ2n) is 5.94. The van der Waals surface area contributed by atoms with Crippen LogP contribution in [0.1, 0.15) is 17.5 Å². The molecule has 0 fully saturated rings. The number of nitrogens with zero attached hydrogens (tertiary/aromatic N) is 4. The molecule has 0 saturated heterocycles. The van der Waals surface area contributed by atoms with E-state index in [4.69, 9.17) is 0 Å². The number of hydrogen-bond donors (Lipinski definition) is 0. The van der Waals surface area contributed by atoms with Crippen LogP contribution in [0.3, 0.4) is 0 Å². The third kappa shape index (κ3) is 3.33. The number of hydrogen-bond acceptors (Lipinski definition) is 3. The fraction of sp³-hybridized carbons (Fsp3) is 0.353. The predicted molar refractivity (Wildman–Crippen MR) is 85.7 cm³/mol. The standard InChI is InChI=1S/C17H16F4N4/c1-10-7-13-15(23-8-10)25(2)14(24-13)12-4-6-22-9-11(12)3-5-17(20,21)16(18)19/h4,6-9,16H,3,5H2,1-2H3. The van der Waals surface area contributed by atoms with Gasteiger partial charge in [0.05, 0.1) is 0 Å². The van der Waals surface area contributed by atoms with Crippen LogP contribution >= 0.6 is 0 Å². The van der Waals surface area contributed by atoms with Crippen LogP contribution in [-0.4, -0.2) is 31.9 Å². The van der Waals surface area contributed by atoms with Gasteiger partial charge in [0.1, 0.15) is 11.3 Å². The van der Waals surface area contributed by atoms with Crippen molar-refractivity contribution in [3.05, 3.63) is 41.9 Å². The van der Waals surface area contributed by atoms with Crippen molar-refractivity contribution < 1.29 is 17.6 Å². The Morgan fingerprint density at radius 3 is 2.72 bits per heavy atom. The van der Waals surface area contributed by atoms with E-state index in [1.807, 2.05) is 13.0 Å². The summed E-state index contributed by atoms with van der Waals surface area (Å²) >= 11 is 0. The Bertz CT molecular complexity index is 905. The second kappa shape index (κ2) is 6.42. The monoisotopic (exact) mass is 352 g/mol. The van der Waals surface area contributed by atoms with Crippen LogP contribution in [0, 0.1) is 6.92 Å². The lowest BCUT2D eigenvalue weighted by molar-refractivity contribution is -0.132. The first-order chi connectivity index (χ1) is 11.8. The molecule has 4 nitrogen and oxygen atoms in total. The Balaban J connectivity index is 2.00. The van der Waals surface area contributed by atoms with Crippen LogP contribution < -0.4 is 0 Å². The number of imidazole rings is 1. The van der Waals surface area contributed by atoms with Crippen molar-refractivity contribution in [2.45, 2.75) is 32.1 Å². The zero-order valence-electron chi connectivity index (χ0n) is 13.7. The van der Waals surface area contributed by atoms with Crippen LogP contribution in [-0.2, 0) is 13.5 Å². The van der Waals surface area contributed by atoms with Gasteiger partial charge >= 0.3 is 12.3 Å². The SMILES string of the molecule is Cc1cnc2c(c1)nc(-c1ccncc1CCC(F)(F)C(F)F)n2C. The number of fused-ring (bicyclic) bond motifs is 1. The predicted octanol–water partition coefficient (Wildman–Crippen LogP) is 4.17. The lowest BCUT2D eigenvalue weighted by atomic mass is 10.0. The highest BCUT2D eigenvalue weighted by molar-refractivity contribution is 5.78. The van der Waals surface area contributed by atoms with Gasteiger partial charge in [0.2, 0.25) is 0 Å². The molecule has 3 rings (SSSR count). The molecule has 25 heavy (non-hydrogen) atoms. The summed E-state index contributed by atoms with van der Waals surface area (Å²) in [5.41, 5.74) is 3.30. The number of alkyl halides is 4. The summed E-state index contributed by atoms with van der Waals surface area (Å²) in [6.45, 7) is 1.89. The first kappa shape index (κ1) is 17.3. The van der Waals surface area contributed by atoms with E-state index in [9.17, 15) is 17.6 Å². The maximum Gasteiger partial charge on any atom is 0.307 e.